The Balaban J connectivity index is 1.65. The Morgan fingerprint density at radius 3 is 2.39 bits per heavy atom. The molecule has 1 unspecified atom stereocenters. The van der Waals surface area contributed by atoms with Crippen molar-refractivity contribution in [3.8, 4) is 22.9 Å². The summed E-state index contributed by atoms with van der Waals surface area (Å²) in [6.45, 7) is 1.79. The molecule has 0 bridgehead atoms. The first kappa shape index (κ1) is 23.1. The number of allylic oxidation sites excluding steroid dienone is 1. The number of urea groups is 1. The smallest absolute Gasteiger partial charge is 0.326 e. The number of hydrogen-bond acceptors (Lipinski definition) is 6. The van der Waals surface area contributed by atoms with Gasteiger partial charge in [-0.05, 0) is 61.0 Å². The number of carbonyl (C=O) groups excluding carboxylic acids is 1. The topological polar surface area (TPSA) is 89.7 Å². The van der Waals surface area contributed by atoms with E-state index in [2.05, 4.69) is 15.5 Å². The molecule has 1 aromatic heterocycles. The van der Waals surface area contributed by atoms with Crippen molar-refractivity contribution < 1.29 is 23.2 Å². The third-order valence-corrected chi connectivity index (χ3v) is 5.98. The van der Waals surface area contributed by atoms with Crippen LogP contribution in [0, 0.1) is 5.82 Å². The Morgan fingerprint density at radius 2 is 1.67 bits per heavy atom. The van der Waals surface area contributed by atoms with E-state index < -0.39 is 11.9 Å². The number of anilines is 1. The zero-order valence-corrected chi connectivity index (χ0v) is 19.9. The molecule has 1 N–H and O–H groups in total. The lowest BCUT2D eigenvalue weighted by atomic mass is 9.94. The molecule has 0 saturated heterocycles. The summed E-state index contributed by atoms with van der Waals surface area (Å²) in [5.41, 5.74) is 3.17. The number of methoxy groups -OCH3 is 2. The minimum Gasteiger partial charge on any atom is -0.497 e. The van der Waals surface area contributed by atoms with Gasteiger partial charge in [0, 0.05) is 11.3 Å². The number of rotatable bonds is 6. The zero-order chi connectivity index (χ0) is 25.2. The molecule has 2 amide bonds. The maximum Gasteiger partial charge on any atom is 0.326 e. The minimum atomic E-state index is -0.595. The molecule has 9 heteroatoms. The minimum absolute atomic E-state index is 0.241. The fraction of sp³-hybridized carbons (Fsp3) is 0.148. The van der Waals surface area contributed by atoms with Gasteiger partial charge in [0.15, 0.2) is 0 Å². The van der Waals surface area contributed by atoms with Crippen molar-refractivity contribution in [3.63, 3.8) is 0 Å². The van der Waals surface area contributed by atoms with Gasteiger partial charge in [0.2, 0.25) is 5.82 Å². The second kappa shape index (κ2) is 9.53. The standard InChI is InChI=1S/C27H23FN4O4/c1-16-23(26-30-25(31-36-26)18-7-5-9-22(15-18)35-3)24(17-6-4-8-21(14-17)34-2)29-27(33)32(16)20-12-10-19(28)11-13-20/h4-15,24H,1-3H3,(H,29,33). The molecule has 182 valence electrons. The second-order valence-electron chi connectivity index (χ2n) is 8.13. The Kier molecular flexibility index (Phi) is 6.12. The van der Waals surface area contributed by atoms with Crippen molar-refractivity contribution in [2.45, 2.75) is 13.0 Å². The molecule has 4 aromatic rings. The van der Waals surface area contributed by atoms with E-state index in [0.29, 0.717) is 34.3 Å². The van der Waals surface area contributed by atoms with Crippen LogP contribution in [0.5, 0.6) is 11.5 Å². The third kappa shape index (κ3) is 4.26. The van der Waals surface area contributed by atoms with Crippen LogP contribution in [0.2, 0.25) is 0 Å². The van der Waals surface area contributed by atoms with E-state index in [0.717, 1.165) is 11.1 Å². The molecule has 36 heavy (non-hydrogen) atoms. The summed E-state index contributed by atoms with van der Waals surface area (Å²) in [6.07, 6.45) is 0. The first-order valence-electron chi connectivity index (χ1n) is 11.2. The van der Waals surface area contributed by atoms with Gasteiger partial charge in [-0.2, -0.15) is 4.98 Å². The number of nitrogens with zero attached hydrogens (tertiary/aromatic N) is 3. The molecule has 3 aromatic carbocycles. The van der Waals surface area contributed by atoms with Crippen LogP contribution in [-0.2, 0) is 0 Å². The van der Waals surface area contributed by atoms with Gasteiger partial charge in [-0.15, -0.1) is 0 Å². The second-order valence-corrected chi connectivity index (χ2v) is 8.13. The number of aromatic nitrogens is 2. The predicted octanol–water partition coefficient (Wildman–Crippen LogP) is 5.60. The Bertz CT molecular complexity index is 1450. The van der Waals surface area contributed by atoms with E-state index in [1.165, 1.54) is 29.2 Å². The first-order chi connectivity index (χ1) is 17.5. The summed E-state index contributed by atoms with van der Waals surface area (Å²) >= 11 is 0. The van der Waals surface area contributed by atoms with Gasteiger partial charge in [0.25, 0.3) is 5.89 Å². The number of amides is 2. The van der Waals surface area contributed by atoms with Crippen LogP contribution in [0.15, 0.2) is 83.0 Å². The van der Waals surface area contributed by atoms with Crippen molar-refractivity contribution in [1.29, 1.82) is 0 Å². The third-order valence-electron chi connectivity index (χ3n) is 5.98. The highest BCUT2D eigenvalue weighted by Gasteiger charge is 2.36. The molecule has 8 nitrogen and oxygen atoms in total. The van der Waals surface area contributed by atoms with Gasteiger partial charge in [0.05, 0.1) is 31.5 Å². The molecule has 0 aliphatic carbocycles. The average molecular weight is 487 g/mol. The van der Waals surface area contributed by atoms with E-state index >= 15 is 0 Å². The number of carbonyl (C=O) groups is 1. The fourth-order valence-corrected chi connectivity index (χ4v) is 4.20. The molecule has 0 saturated carbocycles. The van der Waals surface area contributed by atoms with Crippen molar-refractivity contribution >= 4 is 17.3 Å². The molecule has 1 atom stereocenters. The number of hydrogen-bond donors (Lipinski definition) is 1. The van der Waals surface area contributed by atoms with Gasteiger partial charge in [-0.1, -0.05) is 29.4 Å². The van der Waals surface area contributed by atoms with E-state index in [4.69, 9.17) is 14.0 Å². The zero-order valence-electron chi connectivity index (χ0n) is 19.9. The quantitative estimate of drug-likeness (QED) is 0.382. The highest BCUT2D eigenvalue weighted by Crippen LogP contribution is 2.40. The van der Waals surface area contributed by atoms with E-state index in [1.807, 2.05) is 48.5 Å². The number of benzene rings is 3. The lowest BCUT2D eigenvalue weighted by Gasteiger charge is -2.35. The average Bonchev–Trinajstić information content (AvgIpc) is 3.39. The highest BCUT2D eigenvalue weighted by atomic mass is 19.1. The summed E-state index contributed by atoms with van der Waals surface area (Å²) in [5, 5.41) is 7.21. The van der Waals surface area contributed by atoms with Crippen LogP contribution in [0.4, 0.5) is 14.9 Å². The predicted molar refractivity (Wildman–Crippen MR) is 132 cm³/mol. The fourth-order valence-electron chi connectivity index (χ4n) is 4.20. The van der Waals surface area contributed by atoms with Crippen LogP contribution < -0.4 is 19.7 Å². The van der Waals surface area contributed by atoms with Crippen molar-refractivity contribution in [2.24, 2.45) is 0 Å². The number of nitrogens with one attached hydrogen (secondary N) is 1. The number of halogens is 1. The van der Waals surface area contributed by atoms with Gasteiger partial charge >= 0.3 is 6.03 Å². The van der Waals surface area contributed by atoms with Gasteiger partial charge in [-0.25, -0.2) is 9.18 Å². The molecule has 0 spiro atoms. The van der Waals surface area contributed by atoms with Crippen molar-refractivity contribution in [1.82, 2.24) is 15.5 Å². The summed E-state index contributed by atoms with van der Waals surface area (Å²) < 4.78 is 30.0. The molecule has 1 aliphatic rings. The van der Waals surface area contributed by atoms with Gasteiger partial charge in [0.1, 0.15) is 17.3 Å². The summed E-state index contributed by atoms with van der Waals surface area (Å²) in [7, 11) is 3.16. The Labute approximate surface area is 207 Å². The maximum atomic E-state index is 13.6. The van der Waals surface area contributed by atoms with Gasteiger partial charge in [-0.3, -0.25) is 4.90 Å². The Hall–Kier alpha value is -4.66. The van der Waals surface area contributed by atoms with Crippen molar-refractivity contribution in [2.75, 3.05) is 19.1 Å². The lowest BCUT2D eigenvalue weighted by Crippen LogP contribution is -2.46. The van der Waals surface area contributed by atoms with Crippen LogP contribution in [0.3, 0.4) is 0 Å². The number of ether oxygens (including phenoxy) is 2. The molecule has 0 radical (unpaired) electrons. The summed E-state index contributed by atoms with van der Waals surface area (Å²) in [4.78, 5) is 19.4. The van der Waals surface area contributed by atoms with E-state index in [9.17, 15) is 9.18 Å². The van der Waals surface area contributed by atoms with Crippen LogP contribution in [-0.4, -0.2) is 30.4 Å². The highest BCUT2D eigenvalue weighted by molar-refractivity contribution is 6.01. The first-order valence-corrected chi connectivity index (χ1v) is 11.2. The monoisotopic (exact) mass is 486 g/mol. The molecule has 2 heterocycles. The lowest BCUT2D eigenvalue weighted by molar-refractivity contribution is 0.244. The molecule has 1 aliphatic heterocycles. The van der Waals surface area contributed by atoms with Crippen LogP contribution in [0.1, 0.15) is 24.4 Å². The Morgan fingerprint density at radius 1 is 0.972 bits per heavy atom. The molecule has 5 rings (SSSR count). The largest absolute Gasteiger partial charge is 0.497 e. The van der Waals surface area contributed by atoms with E-state index in [-0.39, 0.29) is 11.9 Å². The maximum absolute atomic E-state index is 13.6. The van der Waals surface area contributed by atoms with Crippen LogP contribution >= 0.6 is 0 Å². The van der Waals surface area contributed by atoms with E-state index in [1.54, 1.807) is 21.1 Å². The normalized spacial score (nSPS) is 15.6. The SMILES string of the molecule is COc1cccc(-c2noc(C3=C(C)N(c4ccc(F)cc4)C(=O)NC3c3cccc(OC)c3)n2)c1. The molecule has 0 fully saturated rings. The summed E-state index contributed by atoms with van der Waals surface area (Å²) in [6, 6.07) is 19.4. The van der Waals surface area contributed by atoms with Gasteiger partial charge < -0.3 is 19.3 Å². The molecular formula is C27H23FN4O4. The summed E-state index contributed by atoms with van der Waals surface area (Å²) in [5.74, 6) is 1.52. The van der Waals surface area contributed by atoms with Crippen molar-refractivity contribution in [3.05, 3.63) is 95.8 Å². The van der Waals surface area contributed by atoms with Crippen LogP contribution in [0.25, 0.3) is 17.0 Å². The molecular weight excluding hydrogens is 463 g/mol.